The van der Waals surface area contributed by atoms with Gasteiger partial charge in [0.25, 0.3) is 5.91 Å². The second-order valence-corrected chi connectivity index (χ2v) is 7.03. The summed E-state index contributed by atoms with van der Waals surface area (Å²) in [5.74, 6) is -0.531. The quantitative estimate of drug-likeness (QED) is 0.852. The van der Waals surface area contributed by atoms with Crippen molar-refractivity contribution in [2.45, 2.75) is 51.1 Å². The smallest absolute Gasteiger partial charge is 0.327 e. The number of hydrogen-bond acceptors (Lipinski definition) is 3. The van der Waals surface area contributed by atoms with E-state index >= 15 is 0 Å². The van der Waals surface area contributed by atoms with E-state index in [0.29, 0.717) is 19.4 Å². The third-order valence-electron chi connectivity index (χ3n) is 5.52. The van der Waals surface area contributed by atoms with Gasteiger partial charge in [0.15, 0.2) is 0 Å². The Bertz CT molecular complexity index is 695. The van der Waals surface area contributed by atoms with Crippen LogP contribution in [-0.4, -0.2) is 46.8 Å². The van der Waals surface area contributed by atoms with Gasteiger partial charge < -0.3 is 10.2 Å². The van der Waals surface area contributed by atoms with Gasteiger partial charge in [0.2, 0.25) is 5.91 Å². The van der Waals surface area contributed by atoms with Crippen molar-refractivity contribution in [3.05, 3.63) is 35.4 Å². The zero-order valence-corrected chi connectivity index (χ0v) is 14.9. The highest BCUT2D eigenvalue weighted by Gasteiger charge is 2.55. The molecule has 134 valence electrons. The zero-order chi connectivity index (χ0) is 18.0. The molecule has 0 atom stereocenters. The largest absolute Gasteiger partial charge is 0.350 e. The van der Waals surface area contributed by atoms with Crippen LogP contribution >= 0.6 is 0 Å². The lowest BCUT2D eigenvalue weighted by molar-refractivity contribution is -0.137. The number of likely N-dealkylation sites (N-methyl/N-ethyl adjacent to an activating group) is 1. The van der Waals surface area contributed by atoms with Crippen molar-refractivity contribution in [2.75, 3.05) is 13.6 Å². The molecule has 1 saturated carbocycles. The summed E-state index contributed by atoms with van der Waals surface area (Å²) < 4.78 is 0. The molecule has 1 N–H and O–H groups in total. The van der Waals surface area contributed by atoms with Crippen LogP contribution in [0.2, 0.25) is 0 Å². The molecule has 0 radical (unpaired) electrons. The molecule has 0 unspecified atom stereocenters. The SMILES string of the molecule is Cc1ccccc1CNC(=O)CN1C(=O)N(C)C2(CCCCC2)C1=O. The average Bonchev–Trinajstić information content (AvgIpc) is 2.78. The Morgan fingerprint density at radius 1 is 1.16 bits per heavy atom. The molecule has 4 amide bonds. The van der Waals surface area contributed by atoms with Gasteiger partial charge in [-0.05, 0) is 30.9 Å². The van der Waals surface area contributed by atoms with Gasteiger partial charge in [-0.1, -0.05) is 43.5 Å². The number of rotatable bonds is 4. The fourth-order valence-corrected chi connectivity index (χ4v) is 3.87. The molecule has 1 aromatic carbocycles. The summed E-state index contributed by atoms with van der Waals surface area (Å²) in [5, 5.41) is 2.81. The Kier molecular flexibility index (Phi) is 4.79. The minimum absolute atomic E-state index is 0.213. The van der Waals surface area contributed by atoms with Crippen LogP contribution in [0.25, 0.3) is 0 Å². The van der Waals surface area contributed by atoms with Gasteiger partial charge >= 0.3 is 6.03 Å². The van der Waals surface area contributed by atoms with Crippen molar-refractivity contribution < 1.29 is 14.4 Å². The van der Waals surface area contributed by atoms with Crippen molar-refractivity contribution in [3.63, 3.8) is 0 Å². The van der Waals surface area contributed by atoms with Gasteiger partial charge in [-0.15, -0.1) is 0 Å². The minimum Gasteiger partial charge on any atom is -0.350 e. The number of imide groups is 1. The van der Waals surface area contributed by atoms with Gasteiger partial charge in [-0.3, -0.25) is 14.5 Å². The summed E-state index contributed by atoms with van der Waals surface area (Å²) in [6, 6.07) is 7.44. The van der Waals surface area contributed by atoms with E-state index in [2.05, 4.69) is 5.32 Å². The second-order valence-electron chi connectivity index (χ2n) is 7.03. The van der Waals surface area contributed by atoms with Gasteiger partial charge in [-0.25, -0.2) is 4.79 Å². The molecule has 1 saturated heterocycles. The maximum Gasteiger partial charge on any atom is 0.327 e. The molecule has 1 aromatic rings. The van der Waals surface area contributed by atoms with Gasteiger partial charge in [0.05, 0.1) is 0 Å². The minimum atomic E-state index is -0.731. The number of hydrogen-bond donors (Lipinski definition) is 1. The maximum absolute atomic E-state index is 12.9. The summed E-state index contributed by atoms with van der Waals surface area (Å²) in [6.07, 6.45) is 4.35. The van der Waals surface area contributed by atoms with E-state index in [4.69, 9.17) is 0 Å². The molecule has 25 heavy (non-hydrogen) atoms. The van der Waals surface area contributed by atoms with Crippen LogP contribution in [0.15, 0.2) is 24.3 Å². The lowest BCUT2D eigenvalue weighted by Crippen LogP contribution is -2.49. The van der Waals surface area contributed by atoms with Crippen LogP contribution in [0.1, 0.15) is 43.2 Å². The summed E-state index contributed by atoms with van der Waals surface area (Å²) >= 11 is 0. The number of benzene rings is 1. The Morgan fingerprint density at radius 3 is 2.52 bits per heavy atom. The number of amides is 4. The van der Waals surface area contributed by atoms with E-state index < -0.39 is 5.54 Å². The van der Waals surface area contributed by atoms with Crippen LogP contribution in [-0.2, 0) is 16.1 Å². The molecule has 1 heterocycles. The van der Waals surface area contributed by atoms with Crippen molar-refractivity contribution in [2.24, 2.45) is 0 Å². The van der Waals surface area contributed by atoms with Gasteiger partial charge in [-0.2, -0.15) is 0 Å². The first-order valence-electron chi connectivity index (χ1n) is 8.87. The standard InChI is InChI=1S/C19H25N3O3/c1-14-8-4-5-9-15(14)12-20-16(23)13-22-17(24)19(21(2)18(22)25)10-6-3-7-11-19/h4-5,8-9H,3,6-7,10-13H2,1-2H3,(H,20,23). The fourth-order valence-electron chi connectivity index (χ4n) is 3.87. The number of aryl methyl sites for hydroxylation is 1. The first-order valence-corrected chi connectivity index (χ1v) is 8.87. The highest BCUT2D eigenvalue weighted by atomic mass is 16.2. The predicted molar refractivity (Wildman–Crippen MR) is 93.7 cm³/mol. The van der Waals surface area contributed by atoms with E-state index in [0.717, 1.165) is 35.3 Å². The van der Waals surface area contributed by atoms with E-state index in [-0.39, 0.29) is 24.4 Å². The van der Waals surface area contributed by atoms with E-state index in [9.17, 15) is 14.4 Å². The Hall–Kier alpha value is -2.37. The van der Waals surface area contributed by atoms with Gasteiger partial charge in [0.1, 0.15) is 12.1 Å². The molecule has 6 heteroatoms. The third kappa shape index (κ3) is 3.13. The topological polar surface area (TPSA) is 69.7 Å². The van der Waals surface area contributed by atoms with Crippen LogP contribution in [0, 0.1) is 6.92 Å². The molecule has 1 aliphatic carbocycles. The molecule has 6 nitrogen and oxygen atoms in total. The first-order chi connectivity index (χ1) is 12.0. The fraction of sp³-hybridized carbons (Fsp3) is 0.526. The molecule has 2 fully saturated rings. The summed E-state index contributed by atoms with van der Waals surface area (Å²) in [7, 11) is 1.68. The predicted octanol–water partition coefficient (Wildman–Crippen LogP) is 2.21. The molecule has 0 aromatic heterocycles. The highest BCUT2D eigenvalue weighted by molar-refractivity contribution is 6.08. The van der Waals surface area contributed by atoms with Crippen LogP contribution in [0.3, 0.4) is 0 Å². The number of urea groups is 1. The van der Waals surface area contributed by atoms with Crippen LogP contribution in [0.4, 0.5) is 4.79 Å². The van der Waals surface area contributed by atoms with E-state index in [1.807, 2.05) is 31.2 Å². The van der Waals surface area contributed by atoms with Crippen molar-refractivity contribution in [1.29, 1.82) is 0 Å². The summed E-state index contributed by atoms with van der Waals surface area (Å²) in [5.41, 5.74) is 1.39. The average molecular weight is 343 g/mol. The van der Waals surface area contributed by atoms with Gasteiger partial charge in [0, 0.05) is 13.6 Å². The first kappa shape index (κ1) is 17.5. The summed E-state index contributed by atoms with van der Waals surface area (Å²) in [6.45, 7) is 2.16. The molecule has 1 spiro atoms. The zero-order valence-electron chi connectivity index (χ0n) is 14.9. The number of nitrogens with zero attached hydrogens (tertiary/aromatic N) is 2. The number of nitrogens with one attached hydrogen (secondary N) is 1. The Labute approximate surface area is 148 Å². The molecule has 2 aliphatic rings. The molecular weight excluding hydrogens is 318 g/mol. The van der Waals surface area contributed by atoms with Crippen LogP contribution in [0.5, 0.6) is 0 Å². The lowest BCUT2D eigenvalue weighted by atomic mass is 9.81. The van der Waals surface area contributed by atoms with Crippen LogP contribution < -0.4 is 5.32 Å². The molecule has 3 rings (SSSR count). The monoisotopic (exact) mass is 343 g/mol. The Morgan fingerprint density at radius 2 is 1.84 bits per heavy atom. The van der Waals surface area contributed by atoms with E-state index in [1.54, 1.807) is 11.9 Å². The second kappa shape index (κ2) is 6.86. The van der Waals surface area contributed by atoms with Crippen molar-refractivity contribution >= 4 is 17.8 Å². The lowest BCUT2D eigenvalue weighted by Gasteiger charge is -2.35. The molecular formula is C19H25N3O3. The molecule has 0 bridgehead atoms. The number of carbonyl (C=O) groups is 3. The van der Waals surface area contributed by atoms with Crippen molar-refractivity contribution in [1.82, 2.24) is 15.1 Å². The Balaban J connectivity index is 1.64. The maximum atomic E-state index is 12.9. The highest BCUT2D eigenvalue weighted by Crippen LogP contribution is 2.39. The molecule has 1 aliphatic heterocycles. The third-order valence-corrected chi connectivity index (χ3v) is 5.52. The summed E-state index contributed by atoms with van der Waals surface area (Å²) in [4.78, 5) is 40.3. The van der Waals surface area contributed by atoms with Crippen molar-refractivity contribution in [3.8, 4) is 0 Å². The normalized spacial score (nSPS) is 19.6. The number of carbonyl (C=O) groups excluding carboxylic acids is 3. The van der Waals surface area contributed by atoms with E-state index in [1.165, 1.54) is 0 Å².